The molecule has 148 valence electrons. The molecule has 0 aliphatic carbocycles. The Balaban J connectivity index is 1.76. The molecule has 3 amide bonds. The molecule has 29 heavy (non-hydrogen) atoms. The Labute approximate surface area is 167 Å². The van der Waals surface area contributed by atoms with E-state index < -0.39 is 17.4 Å². The van der Waals surface area contributed by atoms with Gasteiger partial charge in [-0.2, -0.15) is 0 Å². The van der Waals surface area contributed by atoms with Gasteiger partial charge in [-0.3, -0.25) is 19.3 Å². The molecule has 2 aliphatic heterocycles. The summed E-state index contributed by atoms with van der Waals surface area (Å²) in [5.74, 6) is -1.53. The van der Waals surface area contributed by atoms with Crippen LogP contribution in [0.3, 0.4) is 0 Å². The summed E-state index contributed by atoms with van der Waals surface area (Å²) >= 11 is 0. The van der Waals surface area contributed by atoms with Crippen LogP contribution in [0.5, 0.6) is 0 Å². The van der Waals surface area contributed by atoms with Crippen LogP contribution in [0.15, 0.2) is 61.2 Å². The summed E-state index contributed by atoms with van der Waals surface area (Å²) in [6.07, 6.45) is 1.81. The summed E-state index contributed by atoms with van der Waals surface area (Å²) in [7, 11) is 0. The number of fused-ring (bicyclic) bond motifs is 3. The van der Waals surface area contributed by atoms with Gasteiger partial charge in [-0.25, -0.2) is 4.39 Å². The standard InChI is InChI=1S/C22H20FN3O3/c1-2-13-25-20(28)16-8-4-6-10-18(16)26-19(27)11-12-22(25,26)21(29)24-14-15-7-3-5-9-17(15)23/h2-10H,1,11-14H2,(H,24,29). The van der Waals surface area contributed by atoms with Crippen LogP contribution in [0.4, 0.5) is 10.1 Å². The van der Waals surface area contributed by atoms with Crippen molar-refractivity contribution in [3.05, 3.63) is 78.1 Å². The zero-order chi connectivity index (χ0) is 20.6. The quantitative estimate of drug-likeness (QED) is 0.794. The Morgan fingerprint density at radius 3 is 2.66 bits per heavy atom. The van der Waals surface area contributed by atoms with Crippen molar-refractivity contribution in [2.24, 2.45) is 0 Å². The number of carbonyl (C=O) groups is 3. The number of nitrogens with one attached hydrogen (secondary N) is 1. The minimum Gasteiger partial charge on any atom is -0.348 e. The van der Waals surface area contributed by atoms with Gasteiger partial charge in [0.05, 0.1) is 11.3 Å². The molecule has 0 radical (unpaired) electrons. The number of hydrogen-bond acceptors (Lipinski definition) is 3. The van der Waals surface area contributed by atoms with Crippen molar-refractivity contribution in [1.82, 2.24) is 10.2 Å². The molecule has 1 atom stereocenters. The normalized spacial score (nSPS) is 20.3. The van der Waals surface area contributed by atoms with E-state index in [1.807, 2.05) is 0 Å². The van der Waals surface area contributed by atoms with Crippen LogP contribution in [0, 0.1) is 5.82 Å². The third-order valence-corrected chi connectivity index (χ3v) is 5.45. The van der Waals surface area contributed by atoms with E-state index in [0.717, 1.165) is 0 Å². The van der Waals surface area contributed by atoms with Gasteiger partial charge in [-0.1, -0.05) is 36.4 Å². The number of para-hydroxylation sites is 1. The van der Waals surface area contributed by atoms with Crippen molar-refractivity contribution in [3.63, 3.8) is 0 Å². The predicted molar refractivity (Wildman–Crippen MR) is 105 cm³/mol. The van der Waals surface area contributed by atoms with Gasteiger partial charge in [0.15, 0.2) is 0 Å². The minimum atomic E-state index is -1.50. The molecule has 1 saturated heterocycles. The second kappa shape index (κ2) is 7.16. The van der Waals surface area contributed by atoms with Gasteiger partial charge in [0, 0.05) is 31.5 Å². The number of hydrogen-bond donors (Lipinski definition) is 1. The fourth-order valence-electron chi connectivity index (χ4n) is 4.12. The first-order valence-electron chi connectivity index (χ1n) is 9.37. The molecular weight excluding hydrogens is 373 g/mol. The number of anilines is 1. The van der Waals surface area contributed by atoms with Gasteiger partial charge in [0.25, 0.3) is 11.8 Å². The summed E-state index contributed by atoms with van der Waals surface area (Å²) in [5, 5.41) is 2.73. The lowest BCUT2D eigenvalue weighted by molar-refractivity contribution is -0.133. The first-order chi connectivity index (χ1) is 14.0. The van der Waals surface area contributed by atoms with E-state index in [-0.39, 0.29) is 37.7 Å². The fraction of sp³-hybridized carbons (Fsp3) is 0.227. The monoisotopic (exact) mass is 393 g/mol. The molecule has 2 heterocycles. The highest BCUT2D eigenvalue weighted by Gasteiger charge is 2.60. The summed E-state index contributed by atoms with van der Waals surface area (Å²) in [6.45, 7) is 3.75. The first-order valence-corrected chi connectivity index (χ1v) is 9.37. The molecule has 6 nitrogen and oxygen atoms in total. The summed E-state index contributed by atoms with van der Waals surface area (Å²) in [4.78, 5) is 42.2. The van der Waals surface area contributed by atoms with Gasteiger partial charge in [-0.15, -0.1) is 6.58 Å². The zero-order valence-corrected chi connectivity index (χ0v) is 15.7. The topological polar surface area (TPSA) is 69.7 Å². The van der Waals surface area contributed by atoms with Crippen LogP contribution in [-0.4, -0.2) is 34.8 Å². The van der Waals surface area contributed by atoms with Crippen LogP contribution < -0.4 is 10.2 Å². The number of carbonyl (C=O) groups excluding carboxylic acids is 3. The van der Waals surface area contributed by atoms with E-state index in [4.69, 9.17) is 0 Å². The van der Waals surface area contributed by atoms with Crippen molar-refractivity contribution in [3.8, 4) is 0 Å². The van der Waals surface area contributed by atoms with Crippen molar-refractivity contribution in [1.29, 1.82) is 0 Å². The molecule has 0 bridgehead atoms. The van der Waals surface area contributed by atoms with Gasteiger partial charge < -0.3 is 10.2 Å². The van der Waals surface area contributed by atoms with Crippen LogP contribution in [0.1, 0.15) is 28.8 Å². The molecule has 2 aliphatic rings. The Bertz CT molecular complexity index is 1020. The average molecular weight is 393 g/mol. The molecule has 1 fully saturated rings. The van der Waals surface area contributed by atoms with E-state index in [1.165, 1.54) is 21.9 Å². The molecule has 7 heteroatoms. The zero-order valence-electron chi connectivity index (χ0n) is 15.7. The maximum Gasteiger partial charge on any atom is 0.267 e. The average Bonchev–Trinajstić information content (AvgIpc) is 3.08. The largest absolute Gasteiger partial charge is 0.348 e. The Morgan fingerprint density at radius 2 is 1.90 bits per heavy atom. The number of benzene rings is 2. The van der Waals surface area contributed by atoms with Crippen molar-refractivity contribution in [2.45, 2.75) is 25.0 Å². The number of nitrogens with zero attached hydrogens (tertiary/aromatic N) is 2. The van der Waals surface area contributed by atoms with Crippen LogP contribution >= 0.6 is 0 Å². The van der Waals surface area contributed by atoms with Crippen molar-refractivity contribution >= 4 is 23.4 Å². The maximum atomic E-state index is 14.0. The molecule has 0 aromatic heterocycles. The Hall–Kier alpha value is -3.48. The molecular formula is C22H20FN3O3. The lowest BCUT2D eigenvalue weighted by Crippen LogP contribution is -2.70. The molecule has 2 aromatic carbocycles. The summed E-state index contributed by atoms with van der Waals surface area (Å²) in [6, 6.07) is 12.9. The second-order valence-corrected chi connectivity index (χ2v) is 7.04. The Kier molecular flexibility index (Phi) is 4.66. The van der Waals surface area contributed by atoms with Gasteiger partial charge >= 0.3 is 0 Å². The third kappa shape index (κ3) is 2.81. The Morgan fingerprint density at radius 1 is 1.17 bits per heavy atom. The van der Waals surface area contributed by atoms with Gasteiger partial charge in [0.2, 0.25) is 11.6 Å². The fourth-order valence-corrected chi connectivity index (χ4v) is 4.12. The van der Waals surface area contributed by atoms with E-state index in [1.54, 1.807) is 42.5 Å². The van der Waals surface area contributed by atoms with Crippen LogP contribution in [-0.2, 0) is 16.1 Å². The molecule has 1 N–H and O–H groups in total. The predicted octanol–water partition coefficient (Wildman–Crippen LogP) is 2.61. The van der Waals surface area contributed by atoms with E-state index in [0.29, 0.717) is 16.8 Å². The second-order valence-electron chi connectivity index (χ2n) is 7.04. The van der Waals surface area contributed by atoms with Gasteiger partial charge in [-0.05, 0) is 18.2 Å². The minimum absolute atomic E-state index is 0.0486. The van der Waals surface area contributed by atoms with Crippen LogP contribution in [0.25, 0.3) is 0 Å². The smallest absolute Gasteiger partial charge is 0.267 e. The number of halogens is 1. The molecule has 1 unspecified atom stereocenters. The summed E-state index contributed by atoms with van der Waals surface area (Å²) < 4.78 is 14.0. The van der Waals surface area contributed by atoms with E-state index >= 15 is 0 Å². The van der Waals surface area contributed by atoms with Crippen LogP contribution in [0.2, 0.25) is 0 Å². The maximum absolute atomic E-state index is 14.0. The lowest BCUT2D eigenvalue weighted by atomic mass is 9.95. The molecule has 0 saturated carbocycles. The highest BCUT2D eigenvalue weighted by molar-refractivity contribution is 6.16. The number of amides is 3. The highest BCUT2D eigenvalue weighted by atomic mass is 19.1. The molecule has 0 spiro atoms. The van der Waals surface area contributed by atoms with Gasteiger partial charge in [0.1, 0.15) is 5.82 Å². The van der Waals surface area contributed by atoms with Crippen molar-refractivity contribution in [2.75, 3.05) is 11.4 Å². The van der Waals surface area contributed by atoms with E-state index in [2.05, 4.69) is 11.9 Å². The number of rotatable bonds is 5. The SMILES string of the molecule is C=CCN1C(=O)c2ccccc2N2C(=O)CCC12C(=O)NCc1ccccc1F. The lowest BCUT2D eigenvalue weighted by Gasteiger charge is -2.48. The first kappa shape index (κ1) is 18.9. The highest BCUT2D eigenvalue weighted by Crippen LogP contribution is 2.44. The third-order valence-electron chi connectivity index (χ3n) is 5.45. The molecule has 2 aromatic rings. The van der Waals surface area contributed by atoms with E-state index in [9.17, 15) is 18.8 Å². The molecule has 4 rings (SSSR count). The van der Waals surface area contributed by atoms with Crippen molar-refractivity contribution < 1.29 is 18.8 Å². The summed E-state index contributed by atoms with van der Waals surface area (Å²) in [5.41, 5.74) is -0.392.